The maximum atomic E-state index is 13.1. The monoisotopic (exact) mass is 432 g/mol. The Bertz CT molecular complexity index is 1120. The summed E-state index contributed by atoms with van der Waals surface area (Å²) in [6, 6.07) is 18.6. The highest BCUT2D eigenvalue weighted by Gasteiger charge is 2.18. The second-order valence-corrected chi connectivity index (χ2v) is 8.75. The normalized spacial score (nSPS) is 11.1. The molecule has 0 atom stereocenters. The van der Waals surface area contributed by atoms with Crippen molar-refractivity contribution in [3.8, 4) is 0 Å². The van der Waals surface area contributed by atoms with Crippen LogP contribution in [0.3, 0.4) is 0 Å². The first-order chi connectivity index (χ1) is 13.7. The lowest BCUT2D eigenvalue weighted by Gasteiger charge is -2.22. The molecule has 0 unspecified atom stereocenters. The number of halogens is 2. The Kier molecular flexibility index (Phi) is 6.20. The van der Waals surface area contributed by atoms with Gasteiger partial charge in [-0.15, -0.1) is 0 Å². The minimum Gasteiger partial charge on any atom is -0.322 e. The zero-order chi connectivity index (χ0) is 21.0. The smallest absolute Gasteiger partial charge is 0.255 e. The lowest BCUT2D eigenvalue weighted by molar-refractivity contribution is 0.102. The number of hydrogen-bond acceptors (Lipinski definition) is 3. The number of anilines is 2. The molecule has 0 heterocycles. The quantitative estimate of drug-likeness (QED) is 0.614. The van der Waals surface area contributed by atoms with E-state index in [1.807, 2.05) is 0 Å². The summed E-state index contributed by atoms with van der Waals surface area (Å²) in [6.45, 7) is 0.0488. The zero-order valence-corrected chi connectivity index (χ0v) is 17.0. The SMILES string of the molecule is CS(=O)(=O)N(Cc1ccc(F)cc1)c1ccc(C(=O)Nc2cccc(Cl)c2)cc1. The van der Waals surface area contributed by atoms with Gasteiger partial charge in [0.25, 0.3) is 5.91 Å². The maximum Gasteiger partial charge on any atom is 0.255 e. The topological polar surface area (TPSA) is 66.5 Å². The van der Waals surface area contributed by atoms with Crippen LogP contribution in [-0.4, -0.2) is 20.6 Å². The van der Waals surface area contributed by atoms with Gasteiger partial charge in [0.2, 0.25) is 10.0 Å². The first-order valence-corrected chi connectivity index (χ1v) is 10.8. The molecule has 8 heteroatoms. The molecule has 3 aromatic carbocycles. The van der Waals surface area contributed by atoms with Crippen LogP contribution < -0.4 is 9.62 Å². The summed E-state index contributed by atoms with van der Waals surface area (Å²) in [4.78, 5) is 12.4. The molecular weight excluding hydrogens is 415 g/mol. The molecule has 0 aliphatic rings. The number of hydrogen-bond donors (Lipinski definition) is 1. The molecule has 5 nitrogen and oxygen atoms in total. The van der Waals surface area contributed by atoms with Crippen LogP contribution in [0.5, 0.6) is 0 Å². The Labute approximate surface area is 173 Å². The van der Waals surface area contributed by atoms with Crippen LogP contribution in [0.15, 0.2) is 72.8 Å². The highest BCUT2D eigenvalue weighted by molar-refractivity contribution is 7.92. The van der Waals surface area contributed by atoms with Gasteiger partial charge in [-0.1, -0.05) is 29.8 Å². The summed E-state index contributed by atoms with van der Waals surface area (Å²) in [7, 11) is -3.59. The van der Waals surface area contributed by atoms with Crippen LogP contribution >= 0.6 is 11.6 Å². The fourth-order valence-corrected chi connectivity index (χ4v) is 3.78. The standard InChI is InChI=1S/C21H18ClFN2O3S/c1-29(27,28)25(14-15-5-9-18(23)10-6-15)20-11-7-16(8-12-20)21(26)24-19-4-2-3-17(22)13-19/h2-13H,14H2,1H3,(H,24,26). The largest absolute Gasteiger partial charge is 0.322 e. The summed E-state index contributed by atoms with van der Waals surface area (Å²) >= 11 is 5.91. The van der Waals surface area contributed by atoms with Gasteiger partial charge >= 0.3 is 0 Å². The van der Waals surface area contributed by atoms with Crippen LogP contribution in [-0.2, 0) is 16.6 Å². The molecular formula is C21H18ClFN2O3S. The first kappa shape index (κ1) is 20.8. The first-order valence-electron chi connectivity index (χ1n) is 8.61. The fourth-order valence-electron chi connectivity index (χ4n) is 2.70. The Balaban J connectivity index is 1.80. The predicted octanol–water partition coefficient (Wildman–Crippen LogP) is 4.70. The van der Waals surface area contributed by atoms with E-state index in [-0.39, 0.29) is 12.5 Å². The van der Waals surface area contributed by atoms with Gasteiger partial charge < -0.3 is 5.32 Å². The molecule has 0 fully saturated rings. The molecule has 0 saturated carbocycles. The summed E-state index contributed by atoms with van der Waals surface area (Å²) in [5.41, 5.74) is 1.96. The van der Waals surface area contributed by atoms with E-state index >= 15 is 0 Å². The highest BCUT2D eigenvalue weighted by atomic mass is 35.5. The van der Waals surface area contributed by atoms with E-state index in [0.717, 1.165) is 6.26 Å². The Morgan fingerprint density at radius 3 is 2.28 bits per heavy atom. The average Bonchev–Trinajstić information content (AvgIpc) is 2.67. The number of sulfonamides is 1. The van der Waals surface area contributed by atoms with Gasteiger partial charge in [0.1, 0.15) is 5.82 Å². The van der Waals surface area contributed by atoms with E-state index in [9.17, 15) is 17.6 Å². The van der Waals surface area contributed by atoms with Gasteiger partial charge in [-0.25, -0.2) is 12.8 Å². The zero-order valence-electron chi connectivity index (χ0n) is 15.5. The van der Waals surface area contributed by atoms with E-state index in [4.69, 9.17) is 11.6 Å². The summed E-state index contributed by atoms with van der Waals surface area (Å²) in [5, 5.41) is 3.23. The minimum atomic E-state index is -3.59. The van der Waals surface area contributed by atoms with Crippen LogP contribution in [0.4, 0.5) is 15.8 Å². The second kappa shape index (κ2) is 8.63. The molecule has 0 aliphatic carbocycles. The maximum absolute atomic E-state index is 13.1. The Morgan fingerprint density at radius 1 is 1.03 bits per heavy atom. The number of benzene rings is 3. The third kappa shape index (κ3) is 5.56. The number of carbonyl (C=O) groups excluding carboxylic acids is 1. The average molecular weight is 433 g/mol. The molecule has 1 amide bonds. The van der Waals surface area contributed by atoms with Gasteiger partial charge in [-0.2, -0.15) is 0 Å². The van der Waals surface area contributed by atoms with Gasteiger partial charge in [0.05, 0.1) is 18.5 Å². The molecule has 150 valence electrons. The van der Waals surface area contributed by atoms with Gasteiger partial charge in [-0.3, -0.25) is 9.10 Å². The van der Waals surface area contributed by atoms with Gasteiger partial charge in [-0.05, 0) is 60.2 Å². The van der Waals surface area contributed by atoms with Crippen molar-refractivity contribution in [2.45, 2.75) is 6.54 Å². The third-order valence-electron chi connectivity index (χ3n) is 4.14. The van der Waals surface area contributed by atoms with Crippen molar-refractivity contribution >= 4 is 38.9 Å². The molecule has 0 saturated heterocycles. The van der Waals surface area contributed by atoms with Crippen molar-refractivity contribution in [2.24, 2.45) is 0 Å². The van der Waals surface area contributed by atoms with Gasteiger partial charge in [0.15, 0.2) is 0 Å². The van der Waals surface area contributed by atoms with Crippen molar-refractivity contribution < 1.29 is 17.6 Å². The van der Waals surface area contributed by atoms with Crippen LogP contribution in [0.2, 0.25) is 5.02 Å². The molecule has 0 radical (unpaired) electrons. The Hall–Kier alpha value is -2.90. The number of nitrogens with one attached hydrogen (secondary N) is 1. The molecule has 0 aliphatic heterocycles. The second-order valence-electron chi connectivity index (χ2n) is 6.41. The van der Waals surface area contributed by atoms with E-state index in [2.05, 4.69) is 5.32 Å². The summed E-state index contributed by atoms with van der Waals surface area (Å²) in [6.07, 6.45) is 1.09. The van der Waals surface area contributed by atoms with Crippen LogP contribution in [0, 0.1) is 5.82 Å². The van der Waals surface area contributed by atoms with E-state index < -0.39 is 15.8 Å². The lowest BCUT2D eigenvalue weighted by Crippen LogP contribution is -2.29. The third-order valence-corrected chi connectivity index (χ3v) is 5.52. The van der Waals surface area contributed by atoms with Crippen LogP contribution in [0.1, 0.15) is 15.9 Å². The lowest BCUT2D eigenvalue weighted by atomic mass is 10.1. The van der Waals surface area contributed by atoms with E-state index in [1.165, 1.54) is 40.7 Å². The molecule has 0 spiro atoms. The van der Waals surface area contributed by atoms with Crippen LogP contribution in [0.25, 0.3) is 0 Å². The number of rotatable bonds is 6. The van der Waals surface area contributed by atoms with Crippen molar-refractivity contribution in [2.75, 3.05) is 15.9 Å². The highest BCUT2D eigenvalue weighted by Crippen LogP contribution is 2.22. The van der Waals surface area contributed by atoms with E-state index in [0.29, 0.717) is 27.5 Å². The molecule has 3 aromatic rings. The van der Waals surface area contributed by atoms with Crippen molar-refractivity contribution in [1.82, 2.24) is 0 Å². The molecule has 29 heavy (non-hydrogen) atoms. The van der Waals surface area contributed by atoms with Crippen molar-refractivity contribution in [1.29, 1.82) is 0 Å². The molecule has 0 aromatic heterocycles. The molecule has 3 rings (SSSR count). The molecule has 1 N–H and O–H groups in total. The fraction of sp³-hybridized carbons (Fsp3) is 0.0952. The van der Waals surface area contributed by atoms with Crippen molar-refractivity contribution in [3.05, 3.63) is 94.8 Å². The van der Waals surface area contributed by atoms with E-state index in [1.54, 1.807) is 36.4 Å². The number of nitrogens with zero attached hydrogens (tertiary/aromatic N) is 1. The summed E-state index contributed by atoms with van der Waals surface area (Å²) in [5.74, 6) is -0.738. The summed E-state index contributed by atoms with van der Waals surface area (Å²) < 4.78 is 38.8. The molecule has 0 bridgehead atoms. The van der Waals surface area contributed by atoms with Crippen molar-refractivity contribution in [3.63, 3.8) is 0 Å². The predicted molar refractivity (Wildman–Crippen MR) is 113 cm³/mol. The Morgan fingerprint density at radius 2 is 1.69 bits per heavy atom. The van der Waals surface area contributed by atoms with Gasteiger partial charge in [0, 0.05) is 16.3 Å². The number of carbonyl (C=O) groups is 1. The number of amides is 1. The minimum absolute atomic E-state index is 0.0488.